The molecule has 1 fully saturated rings. The first-order valence-electron chi connectivity index (χ1n) is 6.49. The van der Waals surface area contributed by atoms with Crippen LogP contribution >= 0.6 is 0 Å². The summed E-state index contributed by atoms with van der Waals surface area (Å²) in [6, 6.07) is 3.13. The largest absolute Gasteiger partial charge is 0.459 e. The zero-order valence-electron chi connectivity index (χ0n) is 10.8. The number of nitrogens with zero attached hydrogens (tertiary/aromatic N) is 1. The Morgan fingerprint density at radius 2 is 2.16 bits per heavy atom. The molecule has 1 saturated heterocycles. The molecule has 0 radical (unpaired) electrons. The van der Waals surface area contributed by atoms with Gasteiger partial charge in [0.1, 0.15) is 0 Å². The molecule has 2 amide bonds. The molecule has 2 rings (SSSR count). The van der Waals surface area contributed by atoms with E-state index in [0.717, 1.165) is 25.9 Å². The topological polar surface area (TPSA) is 88.6 Å². The van der Waals surface area contributed by atoms with Crippen molar-refractivity contribution in [2.45, 2.75) is 12.8 Å². The Hall–Kier alpha value is -1.66. The molecule has 2 heterocycles. The summed E-state index contributed by atoms with van der Waals surface area (Å²) >= 11 is 0. The van der Waals surface area contributed by atoms with E-state index in [9.17, 15) is 9.59 Å². The molecule has 1 aromatic heterocycles. The first-order chi connectivity index (χ1) is 9.19. The van der Waals surface area contributed by atoms with E-state index in [1.54, 1.807) is 6.07 Å². The van der Waals surface area contributed by atoms with Gasteiger partial charge in [-0.25, -0.2) is 0 Å². The number of likely N-dealkylation sites (tertiary alicyclic amines) is 1. The molecule has 0 spiro atoms. The Morgan fingerprint density at radius 3 is 2.74 bits per heavy atom. The third-order valence-electron chi connectivity index (χ3n) is 3.41. The minimum Gasteiger partial charge on any atom is -0.459 e. The van der Waals surface area contributed by atoms with Gasteiger partial charge >= 0.3 is 0 Å². The smallest absolute Gasteiger partial charge is 0.293 e. The molecule has 1 aliphatic heterocycles. The molecule has 0 saturated carbocycles. The van der Waals surface area contributed by atoms with Crippen LogP contribution in [0.15, 0.2) is 22.8 Å². The van der Waals surface area contributed by atoms with Gasteiger partial charge < -0.3 is 10.2 Å². The monoisotopic (exact) mass is 265 g/mol. The van der Waals surface area contributed by atoms with E-state index in [0.29, 0.717) is 12.5 Å². The second-order valence-corrected chi connectivity index (χ2v) is 4.81. The van der Waals surface area contributed by atoms with Crippen molar-refractivity contribution >= 4 is 11.8 Å². The van der Waals surface area contributed by atoms with Gasteiger partial charge in [0, 0.05) is 0 Å². The van der Waals surface area contributed by atoms with Gasteiger partial charge in [-0.3, -0.25) is 19.8 Å². The molecule has 0 unspecified atom stereocenters. The van der Waals surface area contributed by atoms with Crippen LogP contribution < -0.4 is 11.1 Å². The molecular weight excluding hydrogens is 246 g/mol. The Labute approximate surface area is 111 Å². The van der Waals surface area contributed by atoms with E-state index in [4.69, 9.17) is 10.2 Å². The summed E-state index contributed by atoms with van der Waals surface area (Å²) in [5, 5.41) is 2.32. The lowest BCUT2D eigenvalue weighted by Crippen LogP contribution is -2.43. The number of hydrogen-bond acceptors (Lipinski definition) is 5. The number of nitrogens with one attached hydrogen (secondary N) is 1. The fourth-order valence-electron chi connectivity index (χ4n) is 2.22. The summed E-state index contributed by atoms with van der Waals surface area (Å²) < 4.78 is 4.92. The second kappa shape index (κ2) is 6.49. The lowest BCUT2D eigenvalue weighted by molar-refractivity contribution is -0.121. The number of hydrogen-bond donors (Lipinski definition) is 2. The summed E-state index contributed by atoms with van der Waals surface area (Å²) in [7, 11) is 0. The van der Waals surface area contributed by atoms with E-state index in [1.807, 2.05) is 4.90 Å². The van der Waals surface area contributed by atoms with Gasteiger partial charge in [0.15, 0.2) is 5.76 Å². The maximum absolute atomic E-state index is 11.7. The van der Waals surface area contributed by atoms with Crippen molar-refractivity contribution < 1.29 is 14.0 Å². The van der Waals surface area contributed by atoms with Crippen LogP contribution in [0.4, 0.5) is 0 Å². The van der Waals surface area contributed by atoms with Crippen molar-refractivity contribution in [1.82, 2.24) is 10.2 Å². The van der Waals surface area contributed by atoms with Crippen LogP contribution in [0.5, 0.6) is 0 Å². The summed E-state index contributed by atoms with van der Waals surface area (Å²) in [5.41, 5.74) is 5.62. The van der Waals surface area contributed by atoms with Gasteiger partial charge in [0.25, 0.3) is 5.91 Å². The van der Waals surface area contributed by atoms with Crippen LogP contribution in [0.1, 0.15) is 23.4 Å². The molecule has 0 bridgehead atoms. The van der Waals surface area contributed by atoms with Gasteiger partial charge in [-0.05, 0) is 50.5 Å². The minimum absolute atomic E-state index is 0.148. The highest BCUT2D eigenvalue weighted by atomic mass is 16.3. The highest BCUT2D eigenvalue weighted by Crippen LogP contribution is 2.15. The molecule has 1 aliphatic rings. The van der Waals surface area contributed by atoms with Crippen molar-refractivity contribution in [3.8, 4) is 0 Å². The Kier molecular flexibility index (Phi) is 4.70. The second-order valence-electron chi connectivity index (χ2n) is 4.81. The Bertz CT molecular complexity index is 422. The van der Waals surface area contributed by atoms with Crippen LogP contribution in [-0.2, 0) is 4.79 Å². The molecule has 3 N–H and O–H groups in total. The number of amides is 2. The van der Waals surface area contributed by atoms with E-state index in [1.165, 1.54) is 12.3 Å². The van der Waals surface area contributed by atoms with Gasteiger partial charge in [-0.2, -0.15) is 0 Å². The van der Waals surface area contributed by atoms with Crippen molar-refractivity contribution in [3.05, 3.63) is 24.2 Å². The highest BCUT2D eigenvalue weighted by Gasteiger charge is 2.21. The summed E-state index contributed by atoms with van der Waals surface area (Å²) in [5.74, 6) is -0.0845. The highest BCUT2D eigenvalue weighted by molar-refractivity contribution is 6.03. The number of piperidine rings is 1. The molecule has 6 nitrogen and oxygen atoms in total. The normalized spacial score (nSPS) is 17.3. The molecule has 19 heavy (non-hydrogen) atoms. The first kappa shape index (κ1) is 13.8. The fraction of sp³-hybridized carbons (Fsp3) is 0.538. The van der Waals surface area contributed by atoms with Crippen LogP contribution in [0.3, 0.4) is 0 Å². The van der Waals surface area contributed by atoms with Crippen molar-refractivity contribution in [1.29, 1.82) is 0 Å². The predicted molar refractivity (Wildman–Crippen MR) is 69.4 cm³/mol. The van der Waals surface area contributed by atoms with Crippen LogP contribution in [0, 0.1) is 5.92 Å². The molecular formula is C13H19N3O3. The predicted octanol–water partition coefficient (Wildman–Crippen LogP) is 0.207. The lowest BCUT2D eigenvalue weighted by atomic mass is 9.97. The molecule has 0 aliphatic carbocycles. The molecule has 0 atom stereocenters. The average molecular weight is 265 g/mol. The lowest BCUT2D eigenvalue weighted by Gasteiger charge is -2.30. The Balaban J connectivity index is 1.74. The maximum atomic E-state index is 11.7. The number of carbonyl (C=O) groups excluding carboxylic acids is 2. The zero-order chi connectivity index (χ0) is 13.7. The van der Waals surface area contributed by atoms with E-state index in [-0.39, 0.29) is 18.2 Å². The van der Waals surface area contributed by atoms with E-state index >= 15 is 0 Å². The van der Waals surface area contributed by atoms with E-state index < -0.39 is 5.91 Å². The summed E-state index contributed by atoms with van der Waals surface area (Å²) in [6.45, 7) is 2.65. The molecule has 6 heteroatoms. The van der Waals surface area contributed by atoms with Crippen molar-refractivity contribution in [2.75, 3.05) is 26.2 Å². The average Bonchev–Trinajstić information content (AvgIpc) is 2.93. The Morgan fingerprint density at radius 1 is 1.42 bits per heavy atom. The van der Waals surface area contributed by atoms with Gasteiger partial charge in [0.05, 0.1) is 12.8 Å². The zero-order valence-corrected chi connectivity index (χ0v) is 10.8. The van der Waals surface area contributed by atoms with Crippen molar-refractivity contribution in [2.24, 2.45) is 11.7 Å². The van der Waals surface area contributed by atoms with Gasteiger partial charge in [0.2, 0.25) is 5.91 Å². The summed E-state index contributed by atoms with van der Waals surface area (Å²) in [6.07, 6.45) is 3.42. The first-order valence-corrected chi connectivity index (χ1v) is 6.49. The molecule has 1 aromatic rings. The van der Waals surface area contributed by atoms with Gasteiger partial charge in [-0.1, -0.05) is 0 Å². The van der Waals surface area contributed by atoms with Crippen LogP contribution in [0.2, 0.25) is 0 Å². The van der Waals surface area contributed by atoms with Gasteiger partial charge in [-0.15, -0.1) is 0 Å². The van der Waals surface area contributed by atoms with Crippen LogP contribution in [0.25, 0.3) is 0 Å². The number of furan rings is 1. The number of rotatable bonds is 4. The third-order valence-corrected chi connectivity index (χ3v) is 3.41. The SMILES string of the molecule is NCC1CCN(CC(=O)NC(=O)c2ccco2)CC1. The summed E-state index contributed by atoms with van der Waals surface area (Å²) in [4.78, 5) is 25.4. The molecule has 0 aromatic carbocycles. The maximum Gasteiger partial charge on any atom is 0.293 e. The quantitative estimate of drug-likeness (QED) is 0.812. The van der Waals surface area contributed by atoms with Crippen LogP contribution in [-0.4, -0.2) is 42.9 Å². The third kappa shape index (κ3) is 3.90. The molecule has 104 valence electrons. The number of carbonyl (C=O) groups is 2. The number of imide groups is 1. The number of nitrogens with two attached hydrogens (primary N) is 1. The fourth-order valence-corrected chi connectivity index (χ4v) is 2.22. The van der Waals surface area contributed by atoms with E-state index in [2.05, 4.69) is 5.32 Å². The van der Waals surface area contributed by atoms with Crippen molar-refractivity contribution in [3.63, 3.8) is 0 Å². The minimum atomic E-state index is -0.494. The standard InChI is InChI=1S/C13H19N3O3/c14-8-10-3-5-16(6-4-10)9-12(17)15-13(18)11-2-1-7-19-11/h1-2,7,10H,3-6,8-9,14H2,(H,15,17,18).